The molecule has 0 bridgehead atoms. The van der Waals surface area contributed by atoms with Gasteiger partial charge >= 0.3 is 0 Å². The van der Waals surface area contributed by atoms with Crippen molar-refractivity contribution in [3.05, 3.63) is 88.8 Å². The number of benzene rings is 2. The van der Waals surface area contributed by atoms with Crippen molar-refractivity contribution in [2.75, 3.05) is 25.0 Å². The summed E-state index contributed by atoms with van der Waals surface area (Å²) in [5, 5.41) is 3.72. The van der Waals surface area contributed by atoms with Crippen molar-refractivity contribution in [2.45, 2.75) is 25.4 Å². The summed E-state index contributed by atoms with van der Waals surface area (Å²) in [6.45, 7) is 1.94. The summed E-state index contributed by atoms with van der Waals surface area (Å²) in [5.74, 6) is 0.612. The van der Waals surface area contributed by atoms with Crippen LogP contribution in [0.3, 0.4) is 0 Å². The van der Waals surface area contributed by atoms with E-state index in [1.165, 1.54) is 0 Å². The van der Waals surface area contributed by atoms with E-state index in [1.54, 1.807) is 42.5 Å². The summed E-state index contributed by atoms with van der Waals surface area (Å²) in [7, 11) is 1.78. The molecule has 0 unspecified atom stereocenters. The van der Waals surface area contributed by atoms with E-state index >= 15 is 0 Å². The van der Waals surface area contributed by atoms with Gasteiger partial charge in [-0.05, 0) is 61.4 Å². The lowest BCUT2D eigenvalue weighted by atomic mass is 10.0. The molecular formula is C25H26ClN3O3. The molecule has 1 fully saturated rings. The summed E-state index contributed by atoms with van der Waals surface area (Å²) in [6.07, 6.45) is 3.23. The summed E-state index contributed by atoms with van der Waals surface area (Å²) >= 11 is 5.90. The minimum atomic E-state index is -0.0877. The standard InChI is InChI=1S/C25H26ClN3O3/c1-28(17-21-5-4-16-32-21)25(31)22-6-2-3-7-23(22)29-14-12-20(13-15-29)27-24(30)18-8-10-19(26)11-9-18/h2-11,16,20H,12-15,17H2,1H3,(H,27,30). The van der Waals surface area contributed by atoms with Gasteiger partial charge in [-0.15, -0.1) is 0 Å². The Labute approximate surface area is 192 Å². The Bertz CT molecular complexity index is 1060. The molecule has 4 rings (SSSR count). The molecule has 0 spiro atoms. The van der Waals surface area contributed by atoms with Crippen LogP contribution in [0.5, 0.6) is 0 Å². The van der Waals surface area contributed by atoms with Gasteiger partial charge in [0.05, 0.1) is 18.4 Å². The van der Waals surface area contributed by atoms with Crippen molar-refractivity contribution in [2.24, 2.45) is 0 Å². The zero-order valence-electron chi connectivity index (χ0n) is 18.0. The second-order valence-electron chi connectivity index (χ2n) is 8.00. The van der Waals surface area contributed by atoms with Crippen LogP contribution in [0.1, 0.15) is 39.3 Å². The first-order valence-electron chi connectivity index (χ1n) is 10.7. The normalized spacial score (nSPS) is 14.2. The van der Waals surface area contributed by atoms with Crippen LogP contribution in [0.4, 0.5) is 5.69 Å². The van der Waals surface area contributed by atoms with Gasteiger partial charge in [0, 0.05) is 42.5 Å². The third-order valence-electron chi connectivity index (χ3n) is 5.73. The zero-order valence-corrected chi connectivity index (χ0v) is 18.7. The van der Waals surface area contributed by atoms with Gasteiger partial charge in [0.1, 0.15) is 5.76 Å². The van der Waals surface area contributed by atoms with Crippen LogP contribution >= 0.6 is 11.6 Å². The molecule has 2 heterocycles. The molecule has 1 aliphatic heterocycles. The lowest BCUT2D eigenvalue weighted by molar-refractivity contribution is 0.0776. The first-order valence-corrected chi connectivity index (χ1v) is 11.1. The van der Waals surface area contributed by atoms with Crippen LogP contribution in [-0.2, 0) is 6.54 Å². The SMILES string of the molecule is CN(Cc1ccco1)C(=O)c1ccccc1N1CCC(NC(=O)c2ccc(Cl)cc2)CC1. The zero-order chi connectivity index (χ0) is 22.5. The Kier molecular flexibility index (Phi) is 6.81. The lowest BCUT2D eigenvalue weighted by Gasteiger charge is -2.35. The van der Waals surface area contributed by atoms with Crippen LogP contribution < -0.4 is 10.2 Å². The van der Waals surface area contributed by atoms with Crippen molar-refractivity contribution in [1.29, 1.82) is 0 Å². The maximum absolute atomic E-state index is 13.1. The van der Waals surface area contributed by atoms with Gasteiger partial charge in [-0.2, -0.15) is 0 Å². The highest BCUT2D eigenvalue weighted by Gasteiger charge is 2.25. The minimum absolute atomic E-state index is 0.0461. The number of rotatable bonds is 6. The average molecular weight is 452 g/mol. The molecule has 6 nitrogen and oxygen atoms in total. The number of amides is 2. The lowest BCUT2D eigenvalue weighted by Crippen LogP contribution is -2.45. The van der Waals surface area contributed by atoms with Crippen molar-refractivity contribution < 1.29 is 14.0 Å². The smallest absolute Gasteiger partial charge is 0.256 e. The van der Waals surface area contributed by atoms with Gasteiger partial charge in [-0.1, -0.05) is 23.7 Å². The van der Waals surface area contributed by atoms with E-state index < -0.39 is 0 Å². The van der Waals surface area contributed by atoms with Gasteiger partial charge in [-0.3, -0.25) is 9.59 Å². The Morgan fingerprint density at radius 3 is 2.47 bits per heavy atom. The number of anilines is 1. The van der Waals surface area contributed by atoms with E-state index in [0.717, 1.165) is 37.4 Å². The molecule has 0 saturated carbocycles. The highest BCUT2D eigenvalue weighted by Crippen LogP contribution is 2.26. The minimum Gasteiger partial charge on any atom is -0.467 e. The molecule has 166 valence electrons. The van der Waals surface area contributed by atoms with Crippen LogP contribution in [0.25, 0.3) is 0 Å². The van der Waals surface area contributed by atoms with Gasteiger partial charge in [0.2, 0.25) is 0 Å². The molecule has 0 atom stereocenters. The number of nitrogens with zero attached hydrogens (tertiary/aromatic N) is 2. The fourth-order valence-corrected chi connectivity index (χ4v) is 4.10. The Hall–Kier alpha value is -3.25. The number of carbonyl (C=O) groups excluding carboxylic acids is 2. The molecule has 1 N–H and O–H groups in total. The first-order chi connectivity index (χ1) is 15.5. The third kappa shape index (κ3) is 5.14. The molecule has 7 heteroatoms. The maximum atomic E-state index is 13.1. The quantitative estimate of drug-likeness (QED) is 0.594. The average Bonchev–Trinajstić information content (AvgIpc) is 3.32. The molecular weight excluding hydrogens is 426 g/mol. The van der Waals surface area contributed by atoms with Crippen LogP contribution in [-0.4, -0.2) is 42.9 Å². The molecule has 32 heavy (non-hydrogen) atoms. The number of hydrogen-bond acceptors (Lipinski definition) is 4. The van der Waals surface area contributed by atoms with E-state index in [9.17, 15) is 9.59 Å². The third-order valence-corrected chi connectivity index (χ3v) is 5.98. The molecule has 3 aromatic rings. The Morgan fingerprint density at radius 2 is 1.78 bits per heavy atom. The number of halogens is 1. The molecule has 0 aliphatic carbocycles. The second kappa shape index (κ2) is 9.92. The molecule has 2 aromatic carbocycles. The summed E-state index contributed by atoms with van der Waals surface area (Å²) in [5.41, 5.74) is 2.20. The van der Waals surface area contributed by atoms with Crippen LogP contribution in [0.2, 0.25) is 5.02 Å². The Balaban J connectivity index is 1.38. The van der Waals surface area contributed by atoms with Crippen molar-refractivity contribution in [3.8, 4) is 0 Å². The number of hydrogen-bond donors (Lipinski definition) is 1. The van der Waals surface area contributed by atoms with Crippen LogP contribution in [0, 0.1) is 0 Å². The van der Waals surface area contributed by atoms with E-state index in [-0.39, 0.29) is 17.9 Å². The topological polar surface area (TPSA) is 65.8 Å². The molecule has 2 amide bonds. The predicted octanol–water partition coefficient (Wildman–Crippen LogP) is 4.60. The highest BCUT2D eigenvalue weighted by molar-refractivity contribution is 6.30. The number of nitrogens with one attached hydrogen (secondary N) is 1. The van der Waals surface area contributed by atoms with Crippen molar-refractivity contribution >= 4 is 29.1 Å². The Morgan fingerprint density at radius 1 is 1.06 bits per heavy atom. The highest BCUT2D eigenvalue weighted by atomic mass is 35.5. The predicted molar refractivity (Wildman–Crippen MR) is 125 cm³/mol. The van der Waals surface area contributed by atoms with E-state index in [4.69, 9.17) is 16.0 Å². The van der Waals surface area contributed by atoms with Crippen molar-refractivity contribution in [1.82, 2.24) is 10.2 Å². The number of furan rings is 1. The molecule has 0 radical (unpaired) electrons. The van der Waals surface area contributed by atoms with Gasteiger partial charge < -0.3 is 19.5 Å². The van der Waals surface area contributed by atoms with Gasteiger partial charge in [-0.25, -0.2) is 0 Å². The number of carbonyl (C=O) groups is 2. The summed E-state index contributed by atoms with van der Waals surface area (Å²) < 4.78 is 5.37. The van der Waals surface area contributed by atoms with Crippen LogP contribution in [0.15, 0.2) is 71.3 Å². The van der Waals surface area contributed by atoms with E-state index in [0.29, 0.717) is 22.7 Å². The number of piperidine rings is 1. The monoisotopic (exact) mass is 451 g/mol. The van der Waals surface area contributed by atoms with Crippen molar-refractivity contribution in [3.63, 3.8) is 0 Å². The maximum Gasteiger partial charge on any atom is 0.256 e. The molecule has 1 aliphatic rings. The summed E-state index contributed by atoms with van der Waals surface area (Å²) in [4.78, 5) is 29.5. The molecule has 1 aromatic heterocycles. The number of para-hydroxylation sites is 1. The molecule has 1 saturated heterocycles. The van der Waals surface area contributed by atoms with Gasteiger partial charge in [0.15, 0.2) is 0 Å². The first kappa shape index (κ1) is 22.0. The fourth-order valence-electron chi connectivity index (χ4n) is 3.98. The van der Waals surface area contributed by atoms with E-state index in [2.05, 4.69) is 10.2 Å². The second-order valence-corrected chi connectivity index (χ2v) is 8.44. The largest absolute Gasteiger partial charge is 0.467 e. The fraction of sp³-hybridized carbons (Fsp3) is 0.280. The van der Waals surface area contributed by atoms with Gasteiger partial charge in [0.25, 0.3) is 11.8 Å². The van der Waals surface area contributed by atoms with E-state index in [1.807, 2.05) is 36.4 Å². The summed E-state index contributed by atoms with van der Waals surface area (Å²) in [6, 6.07) is 18.4.